The van der Waals surface area contributed by atoms with Gasteiger partial charge >= 0.3 is 0 Å². The number of hydrogen-bond acceptors (Lipinski definition) is 2. The highest BCUT2D eigenvalue weighted by atomic mass is 35.5. The molecule has 0 saturated carbocycles. The number of hydrogen-bond donors (Lipinski definition) is 1. The molecule has 0 aliphatic carbocycles. The zero-order valence-corrected chi connectivity index (χ0v) is 15.0. The average molecular weight is 354 g/mol. The third-order valence-corrected chi connectivity index (χ3v) is 4.57. The number of rotatable bonds is 5. The summed E-state index contributed by atoms with van der Waals surface area (Å²) in [7, 11) is 0. The number of nitrogens with zero attached hydrogens (tertiary/aromatic N) is 2. The van der Waals surface area contributed by atoms with Gasteiger partial charge in [-0.15, -0.1) is 0 Å². The van der Waals surface area contributed by atoms with E-state index in [1.807, 2.05) is 12.1 Å². The van der Waals surface area contributed by atoms with Crippen LogP contribution in [0.3, 0.4) is 0 Å². The summed E-state index contributed by atoms with van der Waals surface area (Å²) < 4.78 is 2.25. The SMILES string of the molecule is CC[C@@H](C)n1cc(/C=N\NC(=O)c2ccc(Cl)cc2)c2ccccc21. The number of fused-ring (bicyclic) bond motifs is 1. The predicted octanol–water partition coefficient (Wildman–Crippen LogP) is 5.03. The molecule has 4 nitrogen and oxygen atoms in total. The van der Waals surface area contributed by atoms with E-state index in [-0.39, 0.29) is 5.91 Å². The Morgan fingerprint density at radius 1 is 1.24 bits per heavy atom. The van der Waals surface area contributed by atoms with Crippen molar-refractivity contribution in [1.82, 2.24) is 9.99 Å². The van der Waals surface area contributed by atoms with Crippen molar-refractivity contribution in [2.45, 2.75) is 26.3 Å². The molecule has 2 aromatic carbocycles. The summed E-state index contributed by atoms with van der Waals surface area (Å²) in [6.07, 6.45) is 4.81. The lowest BCUT2D eigenvalue weighted by atomic mass is 10.2. The number of amides is 1. The molecule has 0 bridgehead atoms. The Kier molecular flexibility index (Phi) is 5.19. The molecule has 0 radical (unpaired) electrons. The third kappa shape index (κ3) is 3.74. The van der Waals surface area contributed by atoms with Gasteiger partial charge in [0.1, 0.15) is 0 Å². The molecular weight excluding hydrogens is 334 g/mol. The molecular formula is C20H20ClN3O. The van der Waals surface area contributed by atoms with Gasteiger partial charge in [-0.2, -0.15) is 5.10 Å². The van der Waals surface area contributed by atoms with Crippen molar-refractivity contribution in [2.75, 3.05) is 0 Å². The van der Waals surface area contributed by atoms with Gasteiger partial charge < -0.3 is 4.57 Å². The molecule has 0 unspecified atom stereocenters. The van der Waals surface area contributed by atoms with Gasteiger partial charge in [0.15, 0.2) is 0 Å². The number of benzene rings is 2. The largest absolute Gasteiger partial charge is 0.344 e. The highest BCUT2D eigenvalue weighted by Gasteiger charge is 2.10. The predicted molar refractivity (Wildman–Crippen MR) is 103 cm³/mol. The van der Waals surface area contributed by atoms with Gasteiger partial charge in [-0.25, -0.2) is 5.43 Å². The first-order valence-electron chi connectivity index (χ1n) is 8.28. The fourth-order valence-electron chi connectivity index (χ4n) is 2.72. The fourth-order valence-corrected chi connectivity index (χ4v) is 2.85. The number of carbonyl (C=O) groups excluding carboxylic acids is 1. The van der Waals surface area contributed by atoms with Crippen LogP contribution < -0.4 is 5.43 Å². The third-order valence-electron chi connectivity index (χ3n) is 4.31. The summed E-state index contributed by atoms with van der Waals surface area (Å²) in [6.45, 7) is 4.36. The molecule has 0 aliphatic heterocycles. The van der Waals surface area contributed by atoms with Crippen LogP contribution in [0.1, 0.15) is 42.2 Å². The monoisotopic (exact) mass is 353 g/mol. The fraction of sp³-hybridized carbons (Fsp3) is 0.200. The van der Waals surface area contributed by atoms with Crippen LogP contribution in [0, 0.1) is 0 Å². The number of nitrogens with one attached hydrogen (secondary N) is 1. The van der Waals surface area contributed by atoms with E-state index in [0.29, 0.717) is 16.6 Å². The van der Waals surface area contributed by atoms with Gasteiger partial charge in [0.2, 0.25) is 0 Å². The maximum atomic E-state index is 12.1. The Morgan fingerprint density at radius 2 is 1.96 bits per heavy atom. The molecule has 25 heavy (non-hydrogen) atoms. The smallest absolute Gasteiger partial charge is 0.271 e. The van der Waals surface area contributed by atoms with E-state index in [1.165, 1.54) is 5.52 Å². The Morgan fingerprint density at radius 3 is 2.68 bits per heavy atom. The number of aromatic nitrogens is 1. The van der Waals surface area contributed by atoms with Crippen LogP contribution >= 0.6 is 11.6 Å². The normalized spacial score (nSPS) is 12.6. The molecule has 0 fully saturated rings. The second-order valence-corrected chi connectivity index (χ2v) is 6.41. The Balaban J connectivity index is 1.81. The van der Waals surface area contributed by atoms with Gasteiger partial charge in [-0.1, -0.05) is 36.7 Å². The maximum Gasteiger partial charge on any atom is 0.271 e. The van der Waals surface area contributed by atoms with E-state index in [9.17, 15) is 4.79 Å². The topological polar surface area (TPSA) is 46.4 Å². The van der Waals surface area contributed by atoms with Crippen LogP contribution in [-0.4, -0.2) is 16.7 Å². The number of halogens is 1. The van der Waals surface area contributed by atoms with Crippen molar-refractivity contribution < 1.29 is 4.79 Å². The van der Waals surface area contributed by atoms with Crippen LogP contribution in [-0.2, 0) is 0 Å². The highest BCUT2D eigenvalue weighted by molar-refractivity contribution is 6.30. The van der Waals surface area contributed by atoms with Gasteiger partial charge in [0.05, 0.1) is 6.21 Å². The van der Waals surface area contributed by atoms with Crippen molar-refractivity contribution in [3.8, 4) is 0 Å². The molecule has 3 rings (SSSR count). The van der Waals surface area contributed by atoms with E-state index in [4.69, 9.17) is 11.6 Å². The second kappa shape index (κ2) is 7.53. The zero-order valence-electron chi connectivity index (χ0n) is 14.2. The number of para-hydroxylation sites is 1. The first-order valence-corrected chi connectivity index (χ1v) is 8.66. The second-order valence-electron chi connectivity index (χ2n) is 5.97. The minimum Gasteiger partial charge on any atom is -0.344 e. The van der Waals surface area contributed by atoms with Gasteiger partial charge in [0.25, 0.3) is 5.91 Å². The van der Waals surface area contributed by atoms with Crippen LogP contribution in [0.15, 0.2) is 59.8 Å². The number of hydrazone groups is 1. The Bertz CT molecular complexity index is 912. The molecule has 1 amide bonds. The van der Waals surface area contributed by atoms with E-state index < -0.39 is 0 Å². The summed E-state index contributed by atoms with van der Waals surface area (Å²) in [5.41, 5.74) is 5.23. The van der Waals surface area contributed by atoms with E-state index in [2.05, 4.69) is 47.3 Å². The van der Waals surface area contributed by atoms with Crippen LogP contribution in [0.2, 0.25) is 5.02 Å². The minimum atomic E-state index is -0.265. The summed E-state index contributed by atoms with van der Waals surface area (Å²) in [4.78, 5) is 12.1. The maximum absolute atomic E-state index is 12.1. The molecule has 0 aliphatic rings. The lowest BCUT2D eigenvalue weighted by Crippen LogP contribution is -2.17. The zero-order chi connectivity index (χ0) is 17.8. The van der Waals surface area contributed by atoms with Crippen molar-refractivity contribution in [3.05, 3.63) is 70.9 Å². The first-order chi connectivity index (χ1) is 12.1. The van der Waals surface area contributed by atoms with E-state index in [1.54, 1.807) is 30.5 Å². The van der Waals surface area contributed by atoms with Crippen LogP contribution in [0.5, 0.6) is 0 Å². The first kappa shape index (κ1) is 17.2. The molecule has 1 N–H and O–H groups in total. The van der Waals surface area contributed by atoms with Crippen LogP contribution in [0.4, 0.5) is 0 Å². The summed E-state index contributed by atoms with van der Waals surface area (Å²) >= 11 is 5.83. The molecule has 128 valence electrons. The minimum absolute atomic E-state index is 0.265. The molecule has 3 aromatic rings. The molecule has 5 heteroatoms. The summed E-state index contributed by atoms with van der Waals surface area (Å²) in [5, 5.41) is 5.83. The van der Waals surface area contributed by atoms with Crippen molar-refractivity contribution in [3.63, 3.8) is 0 Å². The number of carbonyl (C=O) groups is 1. The van der Waals surface area contributed by atoms with E-state index >= 15 is 0 Å². The van der Waals surface area contributed by atoms with Crippen molar-refractivity contribution in [1.29, 1.82) is 0 Å². The summed E-state index contributed by atoms with van der Waals surface area (Å²) in [5.74, 6) is -0.265. The van der Waals surface area contributed by atoms with Gasteiger partial charge in [-0.05, 0) is 43.7 Å². The highest BCUT2D eigenvalue weighted by Crippen LogP contribution is 2.24. The molecule has 0 spiro atoms. The average Bonchev–Trinajstić information content (AvgIpc) is 3.00. The van der Waals surface area contributed by atoms with Gasteiger partial charge in [-0.3, -0.25) is 4.79 Å². The molecule has 1 heterocycles. The van der Waals surface area contributed by atoms with Crippen molar-refractivity contribution in [2.24, 2.45) is 5.10 Å². The van der Waals surface area contributed by atoms with Crippen molar-refractivity contribution >= 4 is 34.6 Å². The standard InChI is InChI=1S/C20H20ClN3O/c1-3-14(2)24-13-16(18-6-4-5-7-19(18)24)12-22-23-20(25)15-8-10-17(21)11-9-15/h4-14H,3H2,1-2H3,(H,23,25)/b22-12-/t14-/m1/s1. The molecule has 1 aromatic heterocycles. The molecule has 1 atom stereocenters. The van der Waals surface area contributed by atoms with Crippen LogP contribution in [0.25, 0.3) is 10.9 Å². The van der Waals surface area contributed by atoms with E-state index in [0.717, 1.165) is 17.4 Å². The Hall–Kier alpha value is -2.59. The Labute approximate surface area is 152 Å². The van der Waals surface area contributed by atoms with Gasteiger partial charge in [0, 0.05) is 39.3 Å². The lowest BCUT2D eigenvalue weighted by molar-refractivity contribution is 0.0955. The lowest BCUT2D eigenvalue weighted by Gasteiger charge is -2.12. The quantitative estimate of drug-likeness (QED) is 0.507. The summed E-state index contributed by atoms with van der Waals surface area (Å²) in [6, 6.07) is 15.3. The molecule has 0 saturated heterocycles.